The minimum absolute atomic E-state index is 0.368. The Kier molecular flexibility index (Phi) is 2.11. The predicted octanol–water partition coefficient (Wildman–Crippen LogP) is 0.329. The molecule has 0 N–H and O–H groups in total. The Morgan fingerprint density at radius 1 is 1.80 bits per heavy atom. The first-order valence-electron chi connectivity index (χ1n) is 2.67. The fraction of sp³-hybridized carbons (Fsp3) is 0.167. The zero-order valence-electron chi connectivity index (χ0n) is 5.46. The number of hydrogen-bond acceptors (Lipinski definition) is 3. The number of esters is 1. The van der Waals surface area contributed by atoms with E-state index in [9.17, 15) is 4.79 Å². The lowest BCUT2D eigenvalue weighted by atomic mass is 9.97. The van der Waals surface area contributed by atoms with E-state index in [-0.39, 0.29) is 5.97 Å². The van der Waals surface area contributed by atoms with Gasteiger partial charge in [0.1, 0.15) is 12.7 Å². The molecule has 0 saturated heterocycles. The fourth-order valence-electron chi connectivity index (χ4n) is 0.578. The first kappa shape index (κ1) is 7.34. The fourth-order valence-corrected chi connectivity index (χ4v) is 1.31. The molecule has 50 valence electrons. The zero-order valence-corrected chi connectivity index (χ0v) is 6.27. The number of thiophene rings is 1. The molecular weight excluding hydrogens is 147 g/mol. The van der Waals surface area contributed by atoms with Crippen LogP contribution in [0.25, 0.3) is 0 Å². The molecule has 0 bridgehead atoms. The maximum absolute atomic E-state index is 10.8. The molecule has 0 aromatic carbocycles. The highest BCUT2D eigenvalue weighted by Crippen LogP contribution is 2.05. The Morgan fingerprint density at radius 2 is 2.50 bits per heavy atom. The standard InChI is InChI=1S/C6H5BO2S/c1-9-6(8)5-4(7)2-3-10-5/h2-3H,1H3. The van der Waals surface area contributed by atoms with E-state index in [1.54, 1.807) is 11.4 Å². The minimum Gasteiger partial charge on any atom is -0.465 e. The lowest BCUT2D eigenvalue weighted by Gasteiger charge is -1.94. The number of ether oxygens (including phenoxy) is 1. The maximum atomic E-state index is 10.8. The topological polar surface area (TPSA) is 26.3 Å². The Balaban J connectivity index is 2.93. The molecule has 1 aromatic heterocycles. The highest BCUT2D eigenvalue weighted by atomic mass is 32.1. The maximum Gasteiger partial charge on any atom is 0.347 e. The molecule has 0 atom stereocenters. The van der Waals surface area contributed by atoms with Crippen molar-refractivity contribution in [1.29, 1.82) is 0 Å². The van der Waals surface area contributed by atoms with Gasteiger partial charge in [-0.3, -0.25) is 0 Å². The highest BCUT2D eigenvalue weighted by molar-refractivity contribution is 7.13. The summed E-state index contributed by atoms with van der Waals surface area (Å²) in [7, 11) is 6.76. The van der Waals surface area contributed by atoms with Gasteiger partial charge in [-0.25, -0.2) is 4.79 Å². The molecular formula is C6H5BO2S. The minimum atomic E-state index is -0.368. The van der Waals surface area contributed by atoms with E-state index in [0.29, 0.717) is 10.3 Å². The van der Waals surface area contributed by atoms with E-state index in [2.05, 4.69) is 4.74 Å². The number of methoxy groups -OCH3 is 1. The Bertz CT molecular complexity index is 244. The average molecular weight is 152 g/mol. The molecule has 10 heavy (non-hydrogen) atoms. The molecule has 1 aromatic rings. The van der Waals surface area contributed by atoms with E-state index in [1.807, 2.05) is 0 Å². The second-order valence-corrected chi connectivity index (χ2v) is 2.61. The lowest BCUT2D eigenvalue weighted by Crippen LogP contribution is -2.11. The van der Waals surface area contributed by atoms with Gasteiger partial charge in [-0.2, -0.15) is 0 Å². The molecule has 4 heteroatoms. The second kappa shape index (κ2) is 2.88. The number of carbonyl (C=O) groups excluding carboxylic acids is 1. The molecule has 0 spiro atoms. The van der Waals surface area contributed by atoms with Gasteiger partial charge >= 0.3 is 5.97 Å². The van der Waals surface area contributed by atoms with Crippen molar-refractivity contribution in [2.75, 3.05) is 7.11 Å². The monoisotopic (exact) mass is 152 g/mol. The van der Waals surface area contributed by atoms with Crippen LogP contribution in [-0.2, 0) is 4.74 Å². The molecule has 0 saturated carbocycles. The third-order valence-corrected chi connectivity index (χ3v) is 1.98. The predicted molar refractivity (Wildman–Crippen MR) is 41.0 cm³/mol. The zero-order chi connectivity index (χ0) is 7.56. The molecule has 0 aliphatic carbocycles. The number of rotatable bonds is 1. The summed E-state index contributed by atoms with van der Waals surface area (Å²) in [6.45, 7) is 0. The normalized spacial score (nSPS) is 9.30. The molecule has 1 rings (SSSR count). The van der Waals surface area contributed by atoms with Crippen molar-refractivity contribution in [2.24, 2.45) is 0 Å². The van der Waals surface area contributed by atoms with Gasteiger partial charge in [0, 0.05) is 0 Å². The van der Waals surface area contributed by atoms with Crippen molar-refractivity contribution in [2.45, 2.75) is 0 Å². The Morgan fingerprint density at radius 3 is 2.90 bits per heavy atom. The van der Waals surface area contributed by atoms with Crippen LogP contribution >= 0.6 is 11.3 Å². The van der Waals surface area contributed by atoms with Crippen LogP contribution < -0.4 is 5.46 Å². The van der Waals surface area contributed by atoms with Crippen molar-refractivity contribution < 1.29 is 9.53 Å². The Hall–Kier alpha value is -0.765. The molecule has 2 nitrogen and oxygen atoms in total. The van der Waals surface area contributed by atoms with Crippen LogP contribution in [0.3, 0.4) is 0 Å². The van der Waals surface area contributed by atoms with E-state index in [0.717, 1.165) is 0 Å². The smallest absolute Gasteiger partial charge is 0.347 e. The van der Waals surface area contributed by atoms with Gasteiger partial charge in [0.2, 0.25) is 0 Å². The summed E-state index contributed by atoms with van der Waals surface area (Å²) in [5, 5.41) is 1.75. The van der Waals surface area contributed by atoms with Gasteiger partial charge < -0.3 is 4.74 Å². The van der Waals surface area contributed by atoms with Gasteiger partial charge in [-0.15, -0.1) is 11.3 Å². The molecule has 0 amide bonds. The van der Waals surface area contributed by atoms with Crippen LogP contribution in [0.5, 0.6) is 0 Å². The van der Waals surface area contributed by atoms with Crippen LogP contribution in [-0.4, -0.2) is 20.9 Å². The highest BCUT2D eigenvalue weighted by Gasteiger charge is 2.08. The van der Waals surface area contributed by atoms with Gasteiger partial charge in [0.05, 0.1) is 7.11 Å². The SMILES string of the molecule is [B]c1ccsc1C(=O)OC. The summed E-state index contributed by atoms with van der Waals surface area (Å²) in [5.41, 5.74) is 0.483. The average Bonchev–Trinajstić information content (AvgIpc) is 2.34. The van der Waals surface area contributed by atoms with Crippen LogP contribution in [0.2, 0.25) is 0 Å². The molecule has 0 fully saturated rings. The van der Waals surface area contributed by atoms with Crippen molar-refractivity contribution in [3.8, 4) is 0 Å². The summed E-state index contributed by atoms with van der Waals surface area (Å²) in [6.07, 6.45) is 0. The van der Waals surface area contributed by atoms with Gasteiger partial charge in [-0.05, 0) is 5.38 Å². The first-order valence-corrected chi connectivity index (χ1v) is 3.55. The quantitative estimate of drug-likeness (QED) is 0.428. The molecule has 1 heterocycles. The summed E-state index contributed by atoms with van der Waals surface area (Å²) in [5.74, 6) is -0.368. The molecule has 0 aliphatic heterocycles. The Labute approximate surface area is 64.2 Å². The van der Waals surface area contributed by atoms with Crippen molar-refractivity contribution >= 4 is 30.6 Å². The molecule has 2 radical (unpaired) electrons. The number of carbonyl (C=O) groups is 1. The first-order chi connectivity index (χ1) is 4.75. The van der Waals surface area contributed by atoms with Crippen molar-refractivity contribution in [1.82, 2.24) is 0 Å². The number of hydrogen-bond donors (Lipinski definition) is 0. The summed E-state index contributed by atoms with van der Waals surface area (Å²) in [6, 6.07) is 1.68. The van der Waals surface area contributed by atoms with Crippen LogP contribution in [0, 0.1) is 0 Å². The second-order valence-electron chi connectivity index (χ2n) is 1.70. The lowest BCUT2D eigenvalue weighted by molar-refractivity contribution is 0.0608. The van der Waals surface area contributed by atoms with E-state index >= 15 is 0 Å². The third-order valence-electron chi connectivity index (χ3n) is 1.07. The van der Waals surface area contributed by atoms with Crippen molar-refractivity contribution in [3.63, 3.8) is 0 Å². The summed E-state index contributed by atoms with van der Waals surface area (Å²) < 4.78 is 4.47. The largest absolute Gasteiger partial charge is 0.465 e. The van der Waals surface area contributed by atoms with Crippen LogP contribution in [0.4, 0.5) is 0 Å². The van der Waals surface area contributed by atoms with Gasteiger partial charge in [-0.1, -0.05) is 11.5 Å². The van der Waals surface area contributed by atoms with Crippen LogP contribution in [0.15, 0.2) is 11.4 Å². The van der Waals surface area contributed by atoms with Crippen LogP contribution in [0.1, 0.15) is 9.67 Å². The molecule has 0 aliphatic rings. The van der Waals surface area contributed by atoms with Crippen molar-refractivity contribution in [3.05, 3.63) is 16.3 Å². The molecule has 0 unspecified atom stereocenters. The summed E-state index contributed by atoms with van der Waals surface area (Å²) in [4.78, 5) is 11.3. The van der Waals surface area contributed by atoms with Gasteiger partial charge in [0.15, 0.2) is 0 Å². The van der Waals surface area contributed by atoms with E-state index < -0.39 is 0 Å². The summed E-state index contributed by atoms with van der Waals surface area (Å²) >= 11 is 1.28. The van der Waals surface area contributed by atoms with E-state index in [4.69, 9.17) is 7.85 Å². The van der Waals surface area contributed by atoms with E-state index in [1.165, 1.54) is 18.4 Å². The third kappa shape index (κ3) is 1.21. The van der Waals surface area contributed by atoms with Gasteiger partial charge in [0.25, 0.3) is 0 Å².